The first-order valence-electron chi connectivity index (χ1n) is 2.15. The zero-order valence-corrected chi connectivity index (χ0v) is 5.43. The molecule has 0 aromatic heterocycles. The van der Waals surface area contributed by atoms with Gasteiger partial charge in [-0.3, -0.25) is 4.79 Å². The molecule has 2 nitrogen and oxygen atoms in total. The Bertz CT molecular complexity index is 78.4. The number of hydrogen-bond donors (Lipinski definition) is 1. The van der Waals surface area contributed by atoms with E-state index in [0.717, 1.165) is 11.8 Å². The molecule has 0 unspecified atom stereocenters. The number of alkyl halides is 1. The minimum atomic E-state index is -0.493. The maximum absolute atomic E-state index is 11.3. The van der Waals surface area contributed by atoms with Gasteiger partial charge in [0, 0.05) is 7.05 Å². The van der Waals surface area contributed by atoms with Crippen molar-refractivity contribution in [1.82, 2.24) is 5.32 Å². The van der Waals surface area contributed by atoms with Gasteiger partial charge in [0.2, 0.25) is 5.91 Å². The average Bonchev–Trinajstić information content (AvgIpc) is 1.83. The smallest absolute Gasteiger partial charge is 0.229 e. The summed E-state index contributed by atoms with van der Waals surface area (Å²) in [5, 5.41) is 2.37. The second-order valence-electron chi connectivity index (χ2n) is 1.13. The number of carbonyl (C=O) groups is 1. The van der Waals surface area contributed by atoms with Crippen molar-refractivity contribution in [3.05, 3.63) is 0 Å². The van der Waals surface area contributed by atoms with Crippen molar-refractivity contribution in [2.24, 2.45) is 0 Å². The summed E-state index contributed by atoms with van der Waals surface area (Å²) in [7, 11) is 1.53. The molecule has 0 aliphatic carbocycles. The molecule has 8 heavy (non-hydrogen) atoms. The van der Waals surface area contributed by atoms with Gasteiger partial charge in [-0.05, 0) is 0 Å². The van der Waals surface area contributed by atoms with E-state index in [1.807, 2.05) is 0 Å². The Hall–Kier alpha value is -0.250. The quantitative estimate of drug-likeness (QED) is 0.608. The Kier molecular flexibility index (Phi) is 4.75. The highest BCUT2D eigenvalue weighted by Crippen LogP contribution is 1.97. The maximum Gasteiger partial charge on any atom is 0.229 e. The maximum atomic E-state index is 11.3. The molecule has 0 fully saturated rings. The SMILES string of the molecule is CNC(=O)CSC[18F]. The van der Waals surface area contributed by atoms with Crippen molar-refractivity contribution in [2.45, 2.75) is 0 Å². The molecule has 0 aliphatic heterocycles. The van der Waals surface area contributed by atoms with Crippen LogP contribution in [0.1, 0.15) is 0 Å². The molecular weight excluding hydrogens is 128 g/mol. The van der Waals surface area contributed by atoms with Crippen LogP contribution in [0.2, 0.25) is 0 Å². The minimum Gasteiger partial charge on any atom is -0.358 e. The van der Waals surface area contributed by atoms with Gasteiger partial charge in [-0.2, -0.15) is 0 Å². The Balaban J connectivity index is 2.99. The molecule has 4 heteroatoms. The van der Waals surface area contributed by atoms with Crippen molar-refractivity contribution >= 4 is 17.7 Å². The van der Waals surface area contributed by atoms with Crippen molar-refractivity contribution in [3.63, 3.8) is 0 Å². The summed E-state index contributed by atoms with van der Waals surface area (Å²) in [6.07, 6.45) is 0. The van der Waals surface area contributed by atoms with E-state index in [2.05, 4.69) is 5.32 Å². The highest BCUT2D eigenvalue weighted by molar-refractivity contribution is 7.99. The third-order valence-electron chi connectivity index (χ3n) is 0.589. The molecule has 0 bridgehead atoms. The Morgan fingerprint density at radius 3 is 2.88 bits per heavy atom. The van der Waals surface area contributed by atoms with Crippen LogP contribution >= 0.6 is 11.8 Å². The second-order valence-corrected chi connectivity index (χ2v) is 2.05. The highest BCUT2D eigenvalue weighted by Gasteiger charge is 1.94. The first kappa shape index (κ1) is 7.75. The fraction of sp³-hybridized carbons (Fsp3) is 0.750. The second kappa shape index (κ2) is 4.90. The molecule has 0 saturated carbocycles. The molecule has 0 spiro atoms. The summed E-state index contributed by atoms with van der Waals surface area (Å²) in [4.78, 5) is 10.3. The van der Waals surface area contributed by atoms with E-state index in [4.69, 9.17) is 0 Å². The molecule has 0 aromatic rings. The van der Waals surface area contributed by atoms with Crippen LogP contribution in [-0.2, 0) is 4.79 Å². The van der Waals surface area contributed by atoms with Gasteiger partial charge in [0.25, 0.3) is 0 Å². The molecule has 0 radical (unpaired) electrons. The Labute approximate surface area is 51.8 Å². The van der Waals surface area contributed by atoms with Crippen molar-refractivity contribution in [1.29, 1.82) is 0 Å². The number of carbonyl (C=O) groups excluding carboxylic acids is 1. The van der Waals surface area contributed by atoms with E-state index in [9.17, 15) is 9.18 Å². The van der Waals surface area contributed by atoms with E-state index in [1.54, 1.807) is 0 Å². The van der Waals surface area contributed by atoms with Gasteiger partial charge >= 0.3 is 0 Å². The zero-order valence-electron chi connectivity index (χ0n) is 4.61. The summed E-state index contributed by atoms with van der Waals surface area (Å²) in [6.45, 7) is 0. The fourth-order valence-corrected chi connectivity index (χ4v) is 0.610. The van der Waals surface area contributed by atoms with Crippen molar-refractivity contribution < 1.29 is 9.18 Å². The van der Waals surface area contributed by atoms with Crippen LogP contribution in [0, 0.1) is 0 Å². The van der Waals surface area contributed by atoms with Crippen LogP contribution in [0.4, 0.5) is 4.39 Å². The summed E-state index contributed by atoms with van der Waals surface area (Å²) in [6, 6.07) is -0.493. The lowest BCUT2D eigenvalue weighted by Gasteiger charge is -1.92. The van der Waals surface area contributed by atoms with Gasteiger partial charge in [-0.25, -0.2) is 4.39 Å². The molecule has 0 rings (SSSR count). The summed E-state index contributed by atoms with van der Waals surface area (Å²) >= 11 is 0.962. The van der Waals surface area contributed by atoms with Gasteiger partial charge in [0.1, 0.15) is 6.01 Å². The van der Waals surface area contributed by atoms with Crippen LogP contribution in [0.5, 0.6) is 0 Å². The largest absolute Gasteiger partial charge is 0.358 e. The lowest BCUT2D eigenvalue weighted by atomic mass is 10.7. The predicted octanol–water partition coefficient (Wildman–Crippen LogP) is 0.393. The van der Waals surface area contributed by atoms with Gasteiger partial charge in [-0.1, -0.05) is 0 Å². The highest BCUT2D eigenvalue weighted by atomic mass is 32.2. The summed E-state index contributed by atoms with van der Waals surface area (Å²) in [5.74, 6) is 0.0835. The van der Waals surface area contributed by atoms with Gasteiger partial charge in [-0.15, -0.1) is 11.8 Å². The molecule has 0 aromatic carbocycles. The lowest BCUT2D eigenvalue weighted by Crippen LogP contribution is -2.19. The lowest BCUT2D eigenvalue weighted by molar-refractivity contribution is -0.118. The van der Waals surface area contributed by atoms with Crippen LogP contribution < -0.4 is 5.32 Å². The summed E-state index contributed by atoms with van der Waals surface area (Å²) in [5.41, 5.74) is 0. The topological polar surface area (TPSA) is 29.1 Å². The molecule has 1 amide bonds. The van der Waals surface area contributed by atoms with Crippen LogP contribution in [0.3, 0.4) is 0 Å². The number of amides is 1. The van der Waals surface area contributed by atoms with E-state index in [0.29, 0.717) is 0 Å². The van der Waals surface area contributed by atoms with Crippen molar-refractivity contribution in [3.8, 4) is 0 Å². The average molecular weight is 136 g/mol. The number of nitrogens with one attached hydrogen (secondary N) is 1. The minimum absolute atomic E-state index is 0.132. The number of hydrogen-bond acceptors (Lipinski definition) is 2. The van der Waals surface area contributed by atoms with Crippen molar-refractivity contribution in [2.75, 3.05) is 18.8 Å². The Morgan fingerprint density at radius 1 is 1.88 bits per heavy atom. The third kappa shape index (κ3) is 3.92. The first-order valence-corrected chi connectivity index (χ1v) is 3.31. The van der Waals surface area contributed by atoms with Gasteiger partial charge < -0.3 is 5.32 Å². The van der Waals surface area contributed by atoms with Gasteiger partial charge in [0.05, 0.1) is 5.75 Å². The monoisotopic (exact) mass is 136 g/mol. The molecule has 48 valence electrons. The van der Waals surface area contributed by atoms with E-state index in [1.165, 1.54) is 7.05 Å². The molecule has 0 aliphatic rings. The molecular formula is C4H8FNOS. The van der Waals surface area contributed by atoms with E-state index in [-0.39, 0.29) is 11.7 Å². The molecule has 0 atom stereocenters. The predicted molar refractivity (Wildman–Crippen MR) is 32.5 cm³/mol. The van der Waals surface area contributed by atoms with Crippen LogP contribution in [0.25, 0.3) is 0 Å². The zero-order chi connectivity index (χ0) is 6.41. The fourth-order valence-electron chi connectivity index (χ4n) is 0.203. The molecule has 0 saturated heterocycles. The standard InChI is InChI=1S/C4H8FNOS/c1-6-4(7)2-8-3-5/h2-3H2,1H3,(H,6,7)/i5-1. The Morgan fingerprint density at radius 2 is 2.50 bits per heavy atom. The van der Waals surface area contributed by atoms with Crippen LogP contribution in [0.15, 0.2) is 0 Å². The van der Waals surface area contributed by atoms with E-state index >= 15 is 0 Å². The normalized spacial score (nSPS) is 8.75. The molecule has 1 N–H and O–H groups in total. The molecule has 0 heterocycles. The first-order chi connectivity index (χ1) is 3.81. The number of rotatable bonds is 3. The third-order valence-corrected chi connectivity index (χ3v) is 1.21. The van der Waals surface area contributed by atoms with Crippen LogP contribution in [-0.4, -0.2) is 24.7 Å². The van der Waals surface area contributed by atoms with E-state index < -0.39 is 6.01 Å². The van der Waals surface area contributed by atoms with Gasteiger partial charge in [0.15, 0.2) is 0 Å². The number of thioether (sulfide) groups is 1. The number of halogens is 1. The summed E-state index contributed by atoms with van der Waals surface area (Å²) < 4.78 is 11.3.